The number of rotatable bonds is 2. The summed E-state index contributed by atoms with van der Waals surface area (Å²) in [6.45, 7) is 5.46. The lowest BCUT2D eigenvalue weighted by molar-refractivity contribution is 0.180. The highest BCUT2D eigenvalue weighted by atomic mass is 16.4. The topological polar surface area (TPSA) is 68.2 Å². The molecule has 0 spiro atoms. The molecule has 1 saturated heterocycles. The highest BCUT2D eigenvalue weighted by Gasteiger charge is 2.31. The van der Waals surface area contributed by atoms with E-state index in [1.165, 1.54) is 6.42 Å². The van der Waals surface area contributed by atoms with Crippen molar-refractivity contribution in [2.75, 3.05) is 12.3 Å². The fourth-order valence-corrected chi connectivity index (χ4v) is 2.05. The molecule has 0 radical (unpaired) electrons. The molecule has 5 heteroatoms. The van der Waals surface area contributed by atoms with Crippen LogP contribution in [0.2, 0.25) is 0 Å². The van der Waals surface area contributed by atoms with Crippen molar-refractivity contribution in [2.24, 2.45) is 0 Å². The number of aromatic nitrogens is 2. The number of hydrogen-bond donors (Lipinski definition) is 1. The first-order valence-corrected chi connectivity index (χ1v) is 5.03. The van der Waals surface area contributed by atoms with Gasteiger partial charge in [0, 0.05) is 6.04 Å². The van der Waals surface area contributed by atoms with E-state index in [1.54, 1.807) is 0 Å². The van der Waals surface area contributed by atoms with Gasteiger partial charge in [-0.25, -0.2) is 0 Å². The highest BCUT2D eigenvalue weighted by molar-refractivity contribution is 5.07. The predicted molar refractivity (Wildman–Crippen MR) is 52.5 cm³/mol. The molecule has 0 aliphatic carbocycles. The molecule has 1 aromatic rings. The number of hydrogen-bond acceptors (Lipinski definition) is 5. The Hall–Kier alpha value is -1.10. The molecule has 1 aromatic heterocycles. The predicted octanol–water partition coefficient (Wildman–Crippen LogP) is 1.20. The third kappa shape index (κ3) is 1.59. The Morgan fingerprint density at radius 3 is 2.86 bits per heavy atom. The maximum absolute atomic E-state index is 5.41. The van der Waals surface area contributed by atoms with Crippen molar-refractivity contribution in [3.8, 4) is 0 Å². The molecule has 1 atom stereocenters. The maximum atomic E-state index is 5.41. The van der Waals surface area contributed by atoms with Crippen molar-refractivity contribution in [1.82, 2.24) is 15.1 Å². The van der Waals surface area contributed by atoms with Crippen LogP contribution < -0.4 is 5.73 Å². The first kappa shape index (κ1) is 9.45. The van der Waals surface area contributed by atoms with Crippen LogP contribution in [-0.4, -0.2) is 27.7 Å². The van der Waals surface area contributed by atoms with Crippen LogP contribution in [0, 0.1) is 0 Å². The zero-order valence-corrected chi connectivity index (χ0v) is 8.60. The molecule has 78 valence electrons. The third-order valence-electron chi connectivity index (χ3n) is 2.70. The summed E-state index contributed by atoms with van der Waals surface area (Å²) in [5.74, 6) is 0.661. The third-order valence-corrected chi connectivity index (χ3v) is 2.70. The van der Waals surface area contributed by atoms with Gasteiger partial charge in [0.1, 0.15) is 0 Å². The molecule has 0 amide bonds. The Kier molecular flexibility index (Phi) is 2.41. The van der Waals surface area contributed by atoms with Crippen molar-refractivity contribution in [1.29, 1.82) is 0 Å². The molecule has 1 unspecified atom stereocenters. The van der Waals surface area contributed by atoms with Crippen LogP contribution in [0.1, 0.15) is 38.6 Å². The van der Waals surface area contributed by atoms with Gasteiger partial charge >= 0.3 is 6.01 Å². The van der Waals surface area contributed by atoms with E-state index in [-0.39, 0.29) is 12.1 Å². The summed E-state index contributed by atoms with van der Waals surface area (Å²) >= 11 is 0. The van der Waals surface area contributed by atoms with Gasteiger partial charge in [-0.05, 0) is 33.2 Å². The van der Waals surface area contributed by atoms with Crippen LogP contribution in [-0.2, 0) is 0 Å². The number of likely N-dealkylation sites (tertiary alicyclic amines) is 1. The lowest BCUT2D eigenvalue weighted by Crippen LogP contribution is -2.30. The van der Waals surface area contributed by atoms with Gasteiger partial charge in [0.15, 0.2) is 0 Å². The minimum atomic E-state index is 0.163. The number of anilines is 1. The van der Waals surface area contributed by atoms with E-state index in [4.69, 9.17) is 10.2 Å². The molecule has 1 fully saturated rings. The van der Waals surface area contributed by atoms with Crippen LogP contribution in [0.4, 0.5) is 6.01 Å². The molecule has 2 heterocycles. The minimum Gasteiger partial charge on any atom is -0.407 e. The van der Waals surface area contributed by atoms with Crippen LogP contribution in [0.3, 0.4) is 0 Å². The van der Waals surface area contributed by atoms with Gasteiger partial charge in [-0.2, -0.15) is 0 Å². The fourth-order valence-electron chi connectivity index (χ4n) is 2.05. The summed E-state index contributed by atoms with van der Waals surface area (Å²) in [6.07, 6.45) is 2.27. The summed E-state index contributed by atoms with van der Waals surface area (Å²) in [4.78, 5) is 2.37. The Morgan fingerprint density at radius 2 is 2.29 bits per heavy atom. The normalized spacial score (nSPS) is 23.5. The zero-order chi connectivity index (χ0) is 10.1. The lowest BCUT2D eigenvalue weighted by atomic mass is 10.2. The van der Waals surface area contributed by atoms with Crippen molar-refractivity contribution < 1.29 is 4.42 Å². The molecule has 1 aliphatic heterocycles. The average molecular weight is 196 g/mol. The van der Waals surface area contributed by atoms with Crippen LogP contribution in [0.15, 0.2) is 4.42 Å². The van der Waals surface area contributed by atoms with Gasteiger partial charge < -0.3 is 10.2 Å². The molecule has 0 bridgehead atoms. The monoisotopic (exact) mass is 196 g/mol. The largest absolute Gasteiger partial charge is 0.407 e. The second-order valence-corrected chi connectivity index (χ2v) is 3.97. The molecule has 0 saturated carbocycles. The van der Waals surface area contributed by atoms with Crippen LogP contribution >= 0.6 is 0 Å². The Bertz CT molecular complexity index is 310. The Labute approximate surface area is 83.3 Å². The van der Waals surface area contributed by atoms with Crippen molar-refractivity contribution in [3.05, 3.63) is 5.89 Å². The zero-order valence-electron chi connectivity index (χ0n) is 8.60. The second-order valence-electron chi connectivity index (χ2n) is 3.97. The van der Waals surface area contributed by atoms with Gasteiger partial charge in [-0.15, -0.1) is 5.10 Å². The highest BCUT2D eigenvalue weighted by Crippen LogP contribution is 2.32. The van der Waals surface area contributed by atoms with E-state index in [1.807, 2.05) is 0 Å². The quantitative estimate of drug-likeness (QED) is 0.769. The van der Waals surface area contributed by atoms with Gasteiger partial charge in [0.2, 0.25) is 5.89 Å². The summed E-state index contributed by atoms with van der Waals surface area (Å²) in [6, 6.07) is 0.936. The van der Waals surface area contributed by atoms with Crippen molar-refractivity contribution in [2.45, 2.75) is 38.8 Å². The molecule has 2 rings (SSSR count). The van der Waals surface area contributed by atoms with Crippen molar-refractivity contribution >= 4 is 6.01 Å². The Morgan fingerprint density at radius 1 is 1.50 bits per heavy atom. The minimum absolute atomic E-state index is 0.163. The molecule has 5 nitrogen and oxygen atoms in total. The summed E-state index contributed by atoms with van der Waals surface area (Å²) in [5.41, 5.74) is 5.41. The molecular formula is C9H16N4O. The van der Waals surface area contributed by atoms with E-state index >= 15 is 0 Å². The molecule has 14 heavy (non-hydrogen) atoms. The second kappa shape index (κ2) is 3.57. The van der Waals surface area contributed by atoms with Gasteiger partial charge in [-0.1, -0.05) is 5.10 Å². The van der Waals surface area contributed by atoms with Crippen LogP contribution in [0.25, 0.3) is 0 Å². The van der Waals surface area contributed by atoms with Crippen molar-refractivity contribution in [3.63, 3.8) is 0 Å². The molecule has 1 aliphatic rings. The van der Waals surface area contributed by atoms with E-state index in [9.17, 15) is 0 Å². The Balaban J connectivity index is 2.17. The molecular weight excluding hydrogens is 180 g/mol. The van der Waals surface area contributed by atoms with E-state index in [0.29, 0.717) is 11.9 Å². The number of nitrogen functional groups attached to an aromatic ring is 1. The first-order chi connectivity index (χ1) is 6.68. The maximum Gasteiger partial charge on any atom is 0.312 e. The van der Waals surface area contributed by atoms with E-state index < -0.39 is 0 Å². The van der Waals surface area contributed by atoms with E-state index in [0.717, 1.165) is 13.0 Å². The average Bonchev–Trinajstić information content (AvgIpc) is 2.70. The SMILES string of the molecule is CC(C)N1CCCC1c1nnc(N)o1. The molecule has 2 N–H and O–H groups in total. The standard InChI is InChI=1S/C9H16N4O/c1-6(2)13-5-3-4-7(13)8-11-12-9(10)14-8/h6-7H,3-5H2,1-2H3,(H2,10,12). The fraction of sp³-hybridized carbons (Fsp3) is 0.778. The van der Waals surface area contributed by atoms with Gasteiger partial charge in [0.25, 0.3) is 0 Å². The summed E-state index contributed by atoms with van der Waals surface area (Å²) in [7, 11) is 0. The summed E-state index contributed by atoms with van der Waals surface area (Å²) in [5, 5.41) is 7.64. The molecule has 0 aromatic carbocycles. The van der Waals surface area contributed by atoms with Crippen LogP contribution in [0.5, 0.6) is 0 Å². The first-order valence-electron chi connectivity index (χ1n) is 5.03. The lowest BCUT2D eigenvalue weighted by Gasteiger charge is -2.25. The van der Waals surface area contributed by atoms with E-state index in [2.05, 4.69) is 28.9 Å². The van der Waals surface area contributed by atoms with Gasteiger partial charge in [0.05, 0.1) is 6.04 Å². The summed E-state index contributed by atoms with van der Waals surface area (Å²) < 4.78 is 5.26. The smallest absolute Gasteiger partial charge is 0.312 e. The van der Waals surface area contributed by atoms with Gasteiger partial charge in [-0.3, -0.25) is 4.90 Å². The number of nitrogens with two attached hydrogens (primary N) is 1. The number of nitrogens with zero attached hydrogens (tertiary/aromatic N) is 3.